The Morgan fingerprint density at radius 1 is 0.682 bits per heavy atom. The summed E-state index contributed by atoms with van der Waals surface area (Å²) in [5.74, 6) is 1.61. The quantitative estimate of drug-likeness (QED) is 0.726. The van der Waals surface area contributed by atoms with Gasteiger partial charge in [-0.3, -0.25) is 9.97 Å². The number of aryl methyl sites for hydroxylation is 2. The van der Waals surface area contributed by atoms with Crippen LogP contribution >= 0.6 is 0 Å². The molecule has 4 rings (SSSR count). The first-order valence-electron chi connectivity index (χ1n) is 8.42. The second-order valence-corrected chi connectivity index (χ2v) is 7.14. The topological polar surface area (TPSA) is 25.8 Å². The molecule has 2 aromatic heterocycles. The Labute approximate surface area is 134 Å². The normalized spacial score (nSPS) is 21.8. The Bertz CT molecular complexity index is 616. The van der Waals surface area contributed by atoms with Gasteiger partial charge in [0.15, 0.2) is 0 Å². The van der Waals surface area contributed by atoms with E-state index < -0.39 is 0 Å². The molecule has 0 saturated carbocycles. The summed E-state index contributed by atoms with van der Waals surface area (Å²) in [6.07, 6.45) is 4.80. The number of hydrogen-bond acceptors (Lipinski definition) is 2. The second-order valence-electron chi connectivity index (χ2n) is 7.14. The van der Waals surface area contributed by atoms with E-state index in [-0.39, 0.29) is 0 Å². The Kier molecular flexibility index (Phi) is 4.28. The first-order valence-corrected chi connectivity index (χ1v) is 8.42. The lowest BCUT2D eigenvalue weighted by atomic mass is 10.1. The third-order valence-corrected chi connectivity index (χ3v) is 4.64. The van der Waals surface area contributed by atoms with Crippen LogP contribution in [0.3, 0.4) is 0 Å². The molecule has 0 saturated heterocycles. The summed E-state index contributed by atoms with van der Waals surface area (Å²) in [5.41, 5.74) is 7.89. The van der Waals surface area contributed by atoms with E-state index in [1.165, 1.54) is 48.2 Å². The van der Waals surface area contributed by atoms with Crippen molar-refractivity contribution in [3.05, 3.63) is 58.2 Å². The maximum atomic E-state index is 4.50. The van der Waals surface area contributed by atoms with E-state index in [9.17, 15) is 0 Å². The summed E-state index contributed by atoms with van der Waals surface area (Å²) in [5, 5.41) is 0. The van der Waals surface area contributed by atoms with Gasteiger partial charge < -0.3 is 0 Å². The Hall–Kier alpha value is -1.70. The minimum absolute atomic E-state index is 0.805. The average molecular weight is 294 g/mol. The molecular weight excluding hydrogens is 268 g/mol. The van der Waals surface area contributed by atoms with Crippen LogP contribution in [0.15, 0.2) is 24.3 Å². The lowest BCUT2D eigenvalue weighted by molar-refractivity contribution is 0.623. The van der Waals surface area contributed by atoms with Gasteiger partial charge in [0.25, 0.3) is 0 Å². The third kappa shape index (κ3) is 3.37. The molecule has 0 spiro atoms. The molecule has 0 radical (unpaired) electrons. The smallest absolute Gasteiger partial charge is 0.0441 e. The molecule has 2 heterocycles. The molecule has 2 heteroatoms. The molecule has 2 aromatic rings. The maximum absolute atomic E-state index is 4.50. The maximum Gasteiger partial charge on any atom is 0.0441 e. The van der Waals surface area contributed by atoms with E-state index in [1.807, 2.05) is 0 Å². The number of aromatic nitrogens is 2. The predicted octanol–water partition coefficient (Wildman–Crippen LogP) is 4.25. The van der Waals surface area contributed by atoms with Crippen LogP contribution in [0.2, 0.25) is 0 Å². The van der Waals surface area contributed by atoms with Crippen molar-refractivity contribution in [2.45, 2.75) is 53.4 Å². The van der Waals surface area contributed by atoms with Crippen molar-refractivity contribution in [2.75, 3.05) is 0 Å². The summed E-state index contributed by atoms with van der Waals surface area (Å²) >= 11 is 0. The molecule has 2 nitrogen and oxygen atoms in total. The summed E-state index contributed by atoms with van der Waals surface area (Å²) in [4.78, 5) is 9.01. The van der Waals surface area contributed by atoms with E-state index in [0.717, 1.165) is 23.2 Å². The first kappa shape index (κ1) is 15.2. The minimum Gasteiger partial charge on any atom is -0.258 e. The van der Waals surface area contributed by atoms with Crippen LogP contribution in [0.1, 0.15) is 47.8 Å². The van der Waals surface area contributed by atoms with Crippen molar-refractivity contribution >= 4 is 0 Å². The molecule has 0 bridgehead atoms. The lowest BCUT2D eigenvalue weighted by Crippen LogP contribution is -1.91. The summed E-state index contributed by atoms with van der Waals surface area (Å²) in [6, 6.07) is 8.66. The van der Waals surface area contributed by atoms with Gasteiger partial charge in [0.1, 0.15) is 0 Å². The second kappa shape index (κ2) is 6.20. The van der Waals surface area contributed by atoms with Crippen LogP contribution in [0.4, 0.5) is 0 Å². The summed E-state index contributed by atoms with van der Waals surface area (Å²) < 4.78 is 0. The molecule has 116 valence electrons. The van der Waals surface area contributed by atoms with Gasteiger partial charge in [0.05, 0.1) is 0 Å². The Morgan fingerprint density at radius 3 is 1.50 bits per heavy atom. The van der Waals surface area contributed by atoms with Crippen LogP contribution in [0, 0.1) is 25.7 Å². The van der Waals surface area contributed by atoms with E-state index in [1.54, 1.807) is 0 Å². The van der Waals surface area contributed by atoms with Crippen LogP contribution in [-0.4, -0.2) is 9.97 Å². The van der Waals surface area contributed by atoms with Gasteiger partial charge in [-0.2, -0.15) is 0 Å². The summed E-state index contributed by atoms with van der Waals surface area (Å²) in [7, 11) is 0. The van der Waals surface area contributed by atoms with Gasteiger partial charge in [0.2, 0.25) is 0 Å². The average Bonchev–Trinajstić information content (AvgIpc) is 2.99. The predicted molar refractivity (Wildman–Crippen MR) is 91.1 cm³/mol. The summed E-state index contributed by atoms with van der Waals surface area (Å²) in [6.45, 7) is 8.70. The van der Waals surface area contributed by atoms with E-state index >= 15 is 0 Å². The standard InChI is InChI=1S/2C10H13N/c2*1-7-5-9-4-3-8(2)11-10(9)6-7/h2*3-4,7H,5-6H2,1-2H3. The molecule has 0 N–H and O–H groups in total. The minimum atomic E-state index is 0.805. The molecule has 0 amide bonds. The number of hydrogen-bond donors (Lipinski definition) is 0. The van der Waals surface area contributed by atoms with E-state index in [2.05, 4.69) is 61.9 Å². The van der Waals surface area contributed by atoms with Crippen LogP contribution in [0.25, 0.3) is 0 Å². The Morgan fingerprint density at radius 2 is 1.09 bits per heavy atom. The molecule has 2 atom stereocenters. The fourth-order valence-electron chi connectivity index (χ4n) is 3.56. The van der Waals surface area contributed by atoms with Crippen molar-refractivity contribution in [2.24, 2.45) is 11.8 Å². The van der Waals surface area contributed by atoms with Crippen molar-refractivity contribution in [3.8, 4) is 0 Å². The number of fused-ring (bicyclic) bond motifs is 2. The Balaban J connectivity index is 0.000000131. The van der Waals surface area contributed by atoms with Crippen LogP contribution in [-0.2, 0) is 25.7 Å². The lowest BCUT2D eigenvalue weighted by Gasteiger charge is -1.97. The fourth-order valence-corrected chi connectivity index (χ4v) is 3.56. The van der Waals surface area contributed by atoms with E-state index in [0.29, 0.717) is 0 Å². The van der Waals surface area contributed by atoms with E-state index in [4.69, 9.17) is 0 Å². The zero-order valence-corrected chi connectivity index (χ0v) is 14.2. The van der Waals surface area contributed by atoms with Crippen molar-refractivity contribution in [3.63, 3.8) is 0 Å². The number of rotatable bonds is 0. The zero-order valence-electron chi connectivity index (χ0n) is 14.2. The highest BCUT2D eigenvalue weighted by atomic mass is 14.7. The molecule has 0 aromatic carbocycles. The van der Waals surface area contributed by atoms with Gasteiger partial charge in [-0.15, -0.1) is 0 Å². The van der Waals surface area contributed by atoms with Crippen molar-refractivity contribution in [1.82, 2.24) is 9.97 Å². The highest BCUT2D eigenvalue weighted by Gasteiger charge is 2.18. The van der Waals surface area contributed by atoms with Crippen LogP contribution in [0.5, 0.6) is 0 Å². The third-order valence-electron chi connectivity index (χ3n) is 4.64. The van der Waals surface area contributed by atoms with Crippen molar-refractivity contribution in [1.29, 1.82) is 0 Å². The SMILES string of the molecule is Cc1ccc2c(n1)CC(C)C2.Cc1ccc2c(n1)CC(C)C2. The highest BCUT2D eigenvalue weighted by molar-refractivity contribution is 5.28. The van der Waals surface area contributed by atoms with Gasteiger partial charge >= 0.3 is 0 Å². The molecule has 2 aliphatic carbocycles. The fraction of sp³-hybridized carbons (Fsp3) is 0.500. The van der Waals surface area contributed by atoms with Gasteiger partial charge in [-0.05, 0) is 74.6 Å². The monoisotopic (exact) mass is 294 g/mol. The highest BCUT2D eigenvalue weighted by Crippen LogP contribution is 2.25. The van der Waals surface area contributed by atoms with Crippen molar-refractivity contribution < 1.29 is 0 Å². The molecule has 0 aliphatic heterocycles. The number of nitrogens with zero attached hydrogens (tertiary/aromatic N) is 2. The van der Waals surface area contributed by atoms with Gasteiger partial charge in [-0.25, -0.2) is 0 Å². The molecular formula is C20H26N2. The first-order chi connectivity index (χ1) is 10.5. The molecule has 0 fully saturated rings. The largest absolute Gasteiger partial charge is 0.258 e. The zero-order chi connectivity index (χ0) is 15.7. The van der Waals surface area contributed by atoms with Crippen LogP contribution < -0.4 is 0 Å². The molecule has 2 unspecified atom stereocenters. The van der Waals surface area contributed by atoms with Gasteiger partial charge in [-0.1, -0.05) is 26.0 Å². The molecule has 2 aliphatic rings. The molecule has 22 heavy (non-hydrogen) atoms. The van der Waals surface area contributed by atoms with Gasteiger partial charge in [0, 0.05) is 22.8 Å². The number of pyridine rings is 2.